The van der Waals surface area contributed by atoms with Crippen LogP contribution in [0.25, 0.3) is 0 Å². The molecule has 0 amide bonds. The summed E-state index contributed by atoms with van der Waals surface area (Å²) in [5, 5.41) is 15.6. The summed E-state index contributed by atoms with van der Waals surface area (Å²) >= 11 is 0. The van der Waals surface area contributed by atoms with E-state index in [2.05, 4.69) is 10.2 Å². The Balaban J connectivity index is 2.78. The third-order valence-electron chi connectivity index (χ3n) is 2.36. The predicted octanol–water partition coefficient (Wildman–Crippen LogP) is -0.0495. The lowest BCUT2D eigenvalue weighted by Crippen LogP contribution is -2.28. The fraction of sp³-hybridized carbons (Fsp3) is 0.667. The number of sulfone groups is 1. The monoisotopic (exact) mass is 278 g/mol. The number of hydrogen-bond acceptors (Lipinski definition) is 7. The zero-order valence-electron chi connectivity index (χ0n) is 10.2. The number of ether oxygens (including phenoxy) is 1. The maximum atomic E-state index is 11.5. The van der Waals surface area contributed by atoms with E-state index in [4.69, 9.17) is 14.3 Å². The molecule has 1 heterocycles. The van der Waals surface area contributed by atoms with Gasteiger partial charge in [0.25, 0.3) is 0 Å². The van der Waals surface area contributed by atoms with Crippen LogP contribution in [0.3, 0.4) is 0 Å². The molecule has 1 aromatic heterocycles. The van der Waals surface area contributed by atoms with Crippen molar-refractivity contribution in [3.05, 3.63) is 11.8 Å². The zero-order chi connectivity index (χ0) is 14.0. The largest absolute Gasteiger partial charge is 0.480 e. The summed E-state index contributed by atoms with van der Waals surface area (Å²) in [4.78, 5) is 10.2. The predicted molar refractivity (Wildman–Crippen MR) is 59.5 cm³/mol. The number of nitrogens with zero attached hydrogens (tertiary/aromatic N) is 2. The minimum atomic E-state index is -3.41. The Morgan fingerprint density at radius 3 is 2.56 bits per heavy atom. The van der Waals surface area contributed by atoms with Crippen LogP contribution < -0.4 is 0 Å². The number of aromatic nitrogens is 2. The first-order valence-corrected chi connectivity index (χ1v) is 6.85. The third-order valence-corrected chi connectivity index (χ3v) is 4.39. The van der Waals surface area contributed by atoms with E-state index in [9.17, 15) is 13.2 Å². The normalized spacial score (nSPS) is 12.6. The smallest absolute Gasteiger partial charge is 0.329 e. The molecule has 18 heavy (non-hydrogen) atoms. The van der Waals surface area contributed by atoms with Crippen LogP contribution >= 0.6 is 0 Å². The number of carboxylic acids is 1. The molecular weight excluding hydrogens is 264 g/mol. The van der Waals surface area contributed by atoms with Crippen molar-refractivity contribution >= 4 is 15.8 Å². The average molecular weight is 278 g/mol. The van der Waals surface area contributed by atoms with E-state index in [1.54, 1.807) is 0 Å². The van der Waals surface area contributed by atoms with Crippen molar-refractivity contribution in [1.82, 2.24) is 10.2 Å². The summed E-state index contributed by atoms with van der Waals surface area (Å²) in [6.07, 6.45) is 1.07. The van der Waals surface area contributed by atoms with Crippen LogP contribution in [-0.2, 0) is 30.7 Å². The molecule has 1 rings (SSSR count). The Morgan fingerprint density at radius 1 is 1.44 bits per heavy atom. The molecule has 0 bridgehead atoms. The second-order valence-corrected chi connectivity index (χ2v) is 6.73. The standard InChI is InChI=1S/C9H14N2O6S/c1-9(2,18(3,14)15)8-11-10-6(17-8)4-16-5-7(12)13/h4-5H2,1-3H3,(H,12,13). The number of carbonyl (C=O) groups is 1. The van der Waals surface area contributed by atoms with Crippen molar-refractivity contribution in [3.8, 4) is 0 Å². The molecule has 1 N–H and O–H groups in total. The van der Waals surface area contributed by atoms with Crippen molar-refractivity contribution in [1.29, 1.82) is 0 Å². The van der Waals surface area contributed by atoms with Gasteiger partial charge in [-0.2, -0.15) is 0 Å². The van der Waals surface area contributed by atoms with Gasteiger partial charge in [0.05, 0.1) is 0 Å². The van der Waals surface area contributed by atoms with Gasteiger partial charge in [-0.1, -0.05) is 0 Å². The summed E-state index contributed by atoms with van der Waals surface area (Å²) in [7, 11) is -3.41. The molecule has 0 radical (unpaired) electrons. The Hall–Kier alpha value is -1.48. The molecule has 0 unspecified atom stereocenters. The lowest BCUT2D eigenvalue weighted by molar-refractivity contribution is -0.142. The van der Waals surface area contributed by atoms with Gasteiger partial charge in [0.1, 0.15) is 18.0 Å². The van der Waals surface area contributed by atoms with Gasteiger partial charge >= 0.3 is 5.97 Å². The van der Waals surface area contributed by atoms with E-state index >= 15 is 0 Å². The molecule has 0 aliphatic heterocycles. The molecule has 0 saturated heterocycles. The Bertz CT molecular complexity index is 533. The summed E-state index contributed by atoms with van der Waals surface area (Å²) < 4.78 is 31.6. The molecule has 9 heteroatoms. The Morgan fingerprint density at radius 2 is 2.06 bits per heavy atom. The zero-order valence-corrected chi connectivity index (χ0v) is 11.0. The van der Waals surface area contributed by atoms with Gasteiger partial charge in [-0.15, -0.1) is 10.2 Å². The molecule has 0 atom stereocenters. The highest BCUT2D eigenvalue weighted by Crippen LogP contribution is 2.27. The summed E-state index contributed by atoms with van der Waals surface area (Å²) in [5.41, 5.74) is 0. The molecule has 0 fully saturated rings. The molecule has 1 aromatic rings. The molecule has 0 aromatic carbocycles. The lowest BCUT2D eigenvalue weighted by atomic mass is 10.2. The van der Waals surface area contributed by atoms with Gasteiger partial charge in [-0.25, -0.2) is 13.2 Å². The summed E-state index contributed by atoms with van der Waals surface area (Å²) in [5.74, 6) is -1.15. The first-order valence-electron chi connectivity index (χ1n) is 4.96. The maximum Gasteiger partial charge on any atom is 0.329 e. The van der Waals surface area contributed by atoms with Gasteiger partial charge < -0.3 is 14.3 Å². The first kappa shape index (κ1) is 14.6. The molecule has 0 spiro atoms. The highest BCUT2D eigenvalue weighted by molar-refractivity contribution is 7.91. The van der Waals surface area contributed by atoms with Crippen LogP contribution in [0.15, 0.2) is 4.42 Å². The minimum absolute atomic E-state index is 0.0305. The Kier molecular flexibility index (Phi) is 4.07. The van der Waals surface area contributed by atoms with E-state index < -0.39 is 27.2 Å². The van der Waals surface area contributed by atoms with Crippen molar-refractivity contribution in [3.63, 3.8) is 0 Å². The number of hydrogen-bond donors (Lipinski definition) is 1. The second-order valence-electron chi connectivity index (χ2n) is 4.17. The average Bonchev–Trinajstić information content (AvgIpc) is 2.64. The van der Waals surface area contributed by atoms with Gasteiger partial charge in [-0.05, 0) is 13.8 Å². The van der Waals surface area contributed by atoms with Crippen LogP contribution in [0.1, 0.15) is 25.6 Å². The molecule has 102 valence electrons. The van der Waals surface area contributed by atoms with Gasteiger partial charge in [-0.3, -0.25) is 0 Å². The third kappa shape index (κ3) is 3.26. The van der Waals surface area contributed by atoms with Crippen LogP contribution in [0.5, 0.6) is 0 Å². The minimum Gasteiger partial charge on any atom is -0.480 e. The fourth-order valence-electron chi connectivity index (χ4n) is 0.939. The van der Waals surface area contributed by atoms with E-state index in [-0.39, 0.29) is 18.4 Å². The van der Waals surface area contributed by atoms with E-state index in [1.807, 2.05) is 0 Å². The van der Waals surface area contributed by atoms with Crippen molar-refractivity contribution < 1.29 is 27.5 Å². The van der Waals surface area contributed by atoms with Crippen molar-refractivity contribution in [2.45, 2.75) is 25.2 Å². The number of rotatable bonds is 6. The Labute approximate surface area is 104 Å². The SMILES string of the molecule is CC(C)(c1nnc(COCC(=O)O)o1)S(C)(=O)=O. The van der Waals surface area contributed by atoms with E-state index in [0.717, 1.165) is 6.26 Å². The van der Waals surface area contributed by atoms with Crippen molar-refractivity contribution in [2.75, 3.05) is 12.9 Å². The van der Waals surface area contributed by atoms with E-state index in [0.29, 0.717) is 0 Å². The molecule has 0 saturated carbocycles. The second kappa shape index (κ2) is 5.02. The van der Waals surface area contributed by atoms with Gasteiger partial charge in [0.2, 0.25) is 11.8 Å². The number of carboxylic acid groups (broad SMARTS) is 1. The molecule has 8 nitrogen and oxygen atoms in total. The first-order chi connectivity index (χ1) is 8.14. The molecule has 0 aliphatic rings. The van der Waals surface area contributed by atoms with Crippen LogP contribution in [0, 0.1) is 0 Å². The van der Waals surface area contributed by atoms with Crippen LogP contribution in [0.4, 0.5) is 0 Å². The number of aliphatic carboxylic acids is 1. The summed E-state index contributed by atoms with van der Waals surface area (Å²) in [6, 6.07) is 0. The highest BCUT2D eigenvalue weighted by Gasteiger charge is 2.38. The quantitative estimate of drug-likeness (QED) is 0.769. The molecular formula is C9H14N2O6S. The van der Waals surface area contributed by atoms with Crippen LogP contribution in [-0.4, -0.2) is 42.6 Å². The van der Waals surface area contributed by atoms with Crippen molar-refractivity contribution in [2.24, 2.45) is 0 Å². The van der Waals surface area contributed by atoms with Crippen LogP contribution in [0.2, 0.25) is 0 Å². The maximum absolute atomic E-state index is 11.5. The highest BCUT2D eigenvalue weighted by atomic mass is 32.2. The van der Waals surface area contributed by atoms with Gasteiger partial charge in [0, 0.05) is 6.26 Å². The topological polar surface area (TPSA) is 120 Å². The van der Waals surface area contributed by atoms with Gasteiger partial charge in [0.15, 0.2) is 9.84 Å². The summed E-state index contributed by atoms with van der Waals surface area (Å²) in [6.45, 7) is 2.21. The fourth-order valence-corrected chi connectivity index (χ4v) is 1.34. The van der Waals surface area contributed by atoms with E-state index in [1.165, 1.54) is 13.8 Å². The lowest BCUT2D eigenvalue weighted by Gasteiger charge is -2.16. The molecule has 0 aliphatic carbocycles.